The van der Waals surface area contributed by atoms with E-state index in [9.17, 15) is 4.79 Å². The molecule has 13 heteroatoms. The Labute approximate surface area is 305 Å². The molecule has 13 nitrogen and oxygen atoms in total. The monoisotopic (exact) mass is 712 g/mol. The quantitative estimate of drug-likeness (QED) is 0.160. The molecule has 1 saturated heterocycles. The molecule has 4 aromatic rings. The molecular weight excluding hydrogens is 664 g/mol. The Morgan fingerprint density at radius 3 is 2.35 bits per heavy atom. The minimum absolute atomic E-state index is 0.151. The van der Waals surface area contributed by atoms with Crippen molar-refractivity contribution in [3.8, 4) is 34.5 Å². The van der Waals surface area contributed by atoms with E-state index in [1.165, 1.54) is 4.90 Å². The van der Waals surface area contributed by atoms with Gasteiger partial charge in [0, 0.05) is 56.7 Å². The van der Waals surface area contributed by atoms with Gasteiger partial charge < -0.3 is 43.5 Å². The van der Waals surface area contributed by atoms with Gasteiger partial charge in [0.25, 0.3) is 0 Å². The van der Waals surface area contributed by atoms with E-state index in [2.05, 4.69) is 27.1 Å². The summed E-state index contributed by atoms with van der Waals surface area (Å²) in [7, 11) is 5.32. The van der Waals surface area contributed by atoms with Crippen molar-refractivity contribution in [2.45, 2.75) is 33.7 Å². The van der Waals surface area contributed by atoms with E-state index in [0.29, 0.717) is 65.8 Å². The molecule has 0 unspecified atom stereocenters. The second-order valence-electron chi connectivity index (χ2n) is 13.1. The van der Waals surface area contributed by atoms with Crippen molar-refractivity contribution in [1.29, 1.82) is 0 Å². The predicted octanol–water partition coefficient (Wildman–Crippen LogP) is 6.16. The number of nitrogens with zero attached hydrogens (tertiary/aromatic N) is 5. The number of amides is 1. The smallest absolute Gasteiger partial charge is 0.421 e. The first-order valence-corrected chi connectivity index (χ1v) is 17.6. The van der Waals surface area contributed by atoms with Gasteiger partial charge in [-0.25, -0.2) is 9.78 Å². The number of aryl methyl sites for hydroxylation is 3. The van der Waals surface area contributed by atoms with Crippen molar-refractivity contribution in [2.75, 3.05) is 84.0 Å². The fourth-order valence-electron chi connectivity index (χ4n) is 6.42. The van der Waals surface area contributed by atoms with Crippen molar-refractivity contribution in [3.63, 3.8) is 0 Å². The van der Waals surface area contributed by atoms with Crippen LogP contribution in [0.15, 0.2) is 54.7 Å². The molecule has 276 valence electrons. The summed E-state index contributed by atoms with van der Waals surface area (Å²) < 4.78 is 35.1. The summed E-state index contributed by atoms with van der Waals surface area (Å²) in [5.74, 6) is 3.91. The van der Waals surface area contributed by atoms with E-state index >= 15 is 0 Å². The van der Waals surface area contributed by atoms with Gasteiger partial charge in [-0.2, -0.15) is 4.98 Å². The molecule has 0 spiro atoms. The molecule has 0 saturated carbocycles. The van der Waals surface area contributed by atoms with Crippen molar-refractivity contribution >= 4 is 23.5 Å². The molecule has 0 radical (unpaired) electrons. The Hall–Kier alpha value is -5.27. The number of aromatic nitrogens is 2. The molecule has 0 aliphatic carbocycles. The summed E-state index contributed by atoms with van der Waals surface area (Å²) in [6.07, 6.45) is 1.87. The van der Waals surface area contributed by atoms with Gasteiger partial charge in [0.05, 0.1) is 27.4 Å². The van der Waals surface area contributed by atoms with Crippen molar-refractivity contribution in [2.24, 2.45) is 0 Å². The molecule has 2 aliphatic heterocycles. The van der Waals surface area contributed by atoms with E-state index < -0.39 is 6.09 Å². The SMILES string of the molecule is COc1cc(Nc2nccc(N(Cc3ccc4c(c3)OCCO4)C(=O)Oc3c(C)cc(C)cc3C)n2)cc(OCCCN2CCN(C)CC2)c1OC. The minimum Gasteiger partial charge on any atom is -0.493 e. The van der Waals surface area contributed by atoms with Crippen LogP contribution < -0.4 is 38.6 Å². The lowest BCUT2D eigenvalue weighted by atomic mass is 10.1. The van der Waals surface area contributed by atoms with Crippen LogP contribution in [-0.2, 0) is 6.54 Å². The Kier molecular flexibility index (Phi) is 11.8. The van der Waals surface area contributed by atoms with E-state index in [1.54, 1.807) is 32.5 Å². The Morgan fingerprint density at radius 2 is 1.62 bits per heavy atom. The number of benzene rings is 3. The fraction of sp³-hybridized carbons (Fsp3) is 0.410. The first-order chi connectivity index (χ1) is 25.2. The summed E-state index contributed by atoms with van der Waals surface area (Å²) >= 11 is 0. The van der Waals surface area contributed by atoms with Crippen LogP contribution in [0, 0.1) is 20.8 Å². The summed E-state index contributed by atoms with van der Waals surface area (Å²) in [4.78, 5) is 29.5. The number of carbonyl (C=O) groups excluding carboxylic acids is 1. The molecule has 1 fully saturated rings. The van der Waals surface area contributed by atoms with E-state index in [4.69, 9.17) is 33.4 Å². The van der Waals surface area contributed by atoms with Gasteiger partial charge >= 0.3 is 6.09 Å². The van der Waals surface area contributed by atoms with Crippen LogP contribution in [0.5, 0.6) is 34.5 Å². The minimum atomic E-state index is -0.590. The summed E-state index contributed by atoms with van der Waals surface area (Å²) in [6, 6.07) is 14.9. The lowest BCUT2D eigenvalue weighted by Gasteiger charge is -2.32. The normalized spacial score (nSPS) is 14.4. The third kappa shape index (κ3) is 8.96. The van der Waals surface area contributed by atoms with E-state index in [0.717, 1.165) is 61.4 Å². The molecule has 2 aliphatic rings. The number of hydrogen-bond donors (Lipinski definition) is 1. The first-order valence-electron chi connectivity index (χ1n) is 17.6. The van der Waals surface area contributed by atoms with Crippen LogP contribution in [0.25, 0.3) is 0 Å². The number of anilines is 3. The molecule has 6 rings (SSSR count). The van der Waals surface area contributed by atoms with Crippen molar-refractivity contribution in [3.05, 3.63) is 77.0 Å². The number of fused-ring (bicyclic) bond motifs is 1. The van der Waals surface area contributed by atoms with Crippen LogP contribution in [0.2, 0.25) is 0 Å². The third-order valence-electron chi connectivity index (χ3n) is 9.05. The standard InChI is InChI=1S/C39H48N6O7/c1-26-20-27(2)36(28(3)21-26)52-39(46)45(25-29-8-9-31-32(22-29)51-19-18-50-31)35-10-11-40-38(42-35)41-30-23-33(47-5)37(48-6)34(24-30)49-17-7-12-44-15-13-43(4)14-16-44/h8-11,20-24H,7,12-19,25H2,1-6H3,(H,40,41,42). The Bertz CT molecular complexity index is 1840. The highest BCUT2D eigenvalue weighted by atomic mass is 16.6. The van der Waals surface area contributed by atoms with Gasteiger partial charge in [0.2, 0.25) is 11.7 Å². The van der Waals surface area contributed by atoms with Crippen LogP contribution in [0.4, 0.5) is 22.2 Å². The molecule has 3 heterocycles. The zero-order chi connectivity index (χ0) is 36.6. The predicted molar refractivity (Wildman–Crippen MR) is 199 cm³/mol. The van der Waals surface area contributed by atoms with E-state index in [-0.39, 0.29) is 12.5 Å². The Morgan fingerprint density at radius 1 is 0.885 bits per heavy atom. The zero-order valence-electron chi connectivity index (χ0n) is 30.9. The fourth-order valence-corrected chi connectivity index (χ4v) is 6.42. The number of ether oxygens (including phenoxy) is 6. The molecule has 0 bridgehead atoms. The number of rotatable bonds is 13. The van der Waals surface area contributed by atoms with E-state index in [1.807, 2.05) is 57.2 Å². The highest BCUT2D eigenvalue weighted by Gasteiger charge is 2.24. The molecule has 1 aromatic heterocycles. The van der Waals surface area contributed by atoms with Crippen molar-refractivity contribution in [1.82, 2.24) is 19.8 Å². The van der Waals surface area contributed by atoms with Gasteiger partial charge in [-0.1, -0.05) is 23.8 Å². The summed E-state index contributed by atoms with van der Waals surface area (Å²) in [6.45, 7) is 12.7. The lowest BCUT2D eigenvalue weighted by molar-refractivity contribution is 0.145. The maximum atomic E-state index is 14.0. The third-order valence-corrected chi connectivity index (χ3v) is 9.05. The molecule has 52 heavy (non-hydrogen) atoms. The highest BCUT2D eigenvalue weighted by Crippen LogP contribution is 2.41. The number of nitrogens with one attached hydrogen (secondary N) is 1. The van der Waals surface area contributed by atoms with Gasteiger partial charge in [-0.15, -0.1) is 0 Å². The highest BCUT2D eigenvalue weighted by molar-refractivity contribution is 5.88. The van der Waals surface area contributed by atoms with Crippen molar-refractivity contribution < 1.29 is 33.2 Å². The zero-order valence-corrected chi connectivity index (χ0v) is 30.9. The lowest BCUT2D eigenvalue weighted by Crippen LogP contribution is -2.44. The number of piperazine rings is 1. The van der Waals surface area contributed by atoms with Crippen LogP contribution >= 0.6 is 0 Å². The van der Waals surface area contributed by atoms with Crippen LogP contribution in [-0.4, -0.2) is 99.7 Å². The Balaban J connectivity index is 1.23. The van der Waals surface area contributed by atoms with Gasteiger partial charge in [0.1, 0.15) is 24.8 Å². The first kappa shape index (κ1) is 36.5. The van der Waals surface area contributed by atoms with Gasteiger partial charge in [-0.3, -0.25) is 4.90 Å². The molecule has 1 N–H and O–H groups in total. The maximum absolute atomic E-state index is 14.0. The number of likely N-dealkylation sites (N-methyl/N-ethyl adjacent to an activating group) is 1. The topological polar surface area (TPSA) is 120 Å². The number of carbonyl (C=O) groups is 1. The number of hydrogen-bond acceptors (Lipinski definition) is 12. The summed E-state index contributed by atoms with van der Waals surface area (Å²) in [5.41, 5.74) is 4.24. The number of methoxy groups -OCH3 is 2. The van der Waals surface area contributed by atoms with Crippen LogP contribution in [0.1, 0.15) is 28.7 Å². The largest absolute Gasteiger partial charge is 0.493 e. The molecule has 3 aromatic carbocycles. The molecule has 1 amide bonds. The average Bonchev–Trinajstić information content (AvgIpc) is 3.14. The second-order valence-corrected chi connectivity index (χ2v) is 13.1. The molecular formula is C39H48N6O7. The molecule has 0 atom stereocenters. The van der Waals surface area contributed by atoms with Gasteiger partial charge in [0.15, 0.2) is 23.0 Å². The van der Waals surface area contributed by atoms with Crippen LogP contribution in [0.3, 0.4) is 0 Å². The average molecular weight is 713 g/mol. The second kappa shape index (κ2) is 16.8. The maximum Gasteiger partial charge on any atom is 0.421 e. The summed E-state index contributed by atoms with van der Waals surface area (Å²) in [5, 5.41) is 3.26. The van der Waals surface area contributed by atoms with Gasteiger partial charge in [-0.05, 0) is 69.1 Å².